The number of nitrogens with zero attached hydrogens (tertiary/aromatic N) is 2. The molecular weight excluding hydrogens is 448 g/mol. The van der Waals surface area contributed by atoms with Crippen molar-refractivity contribution in [3.05, 3.63) is 58.6 Å². The Morgan fingerprint density at radius 3 is 2.70 bits per heavy atom. The predicted octanol–water partition coefficient (Wildman–Crippen LogP) is 2.98. The van der Waals surface area contributed by atoms with E-state index >= 15 is 0 Å². The molecule has 2 saturated heterocycles. The summed E-state index contributed by atoms with van der Waals surface area (Å²) in [4.78, 5) is 18.9. The first-order valence-corrected chi connectivity index (χ1v) is 12.4. The van der Waals surface area contributed by atoms with Gasteiger partial charge in [0.1, 0.15) is 0 Å². The smallest absolute Gasteiger partial charge is 0.279 e. The Balaban J connectivity index is 1.45. The lowest BCUT2D eigenvalue weighted by Gasteiger charge is -2.24. The van der Waals surface area contributed by atoms with Crippen molar-refractivity contribution in [2.24, 2.45) is 4.99 Å². The van der Waals surface area contributed by atoms with Crippen LogP contribution in [0.5, 0.6) is 11.5 Å². The summed E-state index contributed by atoms with van der Waals surface area (Å²) < 4.78 is 35.2. The second-order valence-electron chi connectivity index (χ2n) is 7.32. The summed E-state index contributed by atoms with van der Waals surface area (Å²) in [7, 11) is -3.11. The maximum atomic E-state index is 12.7. The van der Waals surface area contributed by atoms with E-state index in [4.69, 9.17) is 21.1 Å². The van der Waals surface area contributed by atoms with Crippen molar-refractivity contribution in [2.75, 3.05) is 18.3 Å². The molecule has 3 heterocycles. The predicted molar refractivity (Wildman–Crippen MR) is 115 cm³/mol. The normalized spacial score (nSPS) is 25.0. The van der Waals surface area contributed by atoms with Gasteiger partial charge in [0.15, 0.2) is 26.5 Å². The van der Waals surface area contributed by atoms with Gasteiger partial charge in [0.2, 0.25) is 6.79 Å². The summed E-state index contributed by atoms with van der Waals surface area (Å²) in [5.74, 6) is 1.11. The fraction of sp³-hybridized carbons (Fsp3) is 0.300. The average Bonchev–Trinajstić information content (AvgIpc) is 3.36. The lowest BCUT2D eigenvalue weighted by Crippen LogP contribution is -2.37. The van der Waals surface area contributed by atoms with Gasteiger partial charge in [-0.1, -0.05) is 29.4 Å². The van der Waals surface area contributed by atoms with Crippen molar-refractivity contribution in [3.63, 3.8) is 0 Å². The van der Waals surface area contributed by atoms with Gasteiger partial charge in [-0.3, -0.25) is 4.79 Å². The number of fused-ring (bicyclic) bond motifs is 2. The van der Waals surface area contributed by atoms with Crippen molar-refractivity contribution < 1.29 is 22.7 Å². The van der Waals surface area contributed by atoms with Crippen LogP contribution < -0.4 is 9.47 Å². The molecule has 2 unspecified atom stereocenters. The monoisotopic (exact) mass is 464 g/mol. The maximum absolute atomic E-state index is 12.7. The lowest BCUT2D eigenvalue weighted by atomic mass is 10.1. The van der Waals surface area contributed by atoms with Crippen molar-refractivity contribution in [1.29, 1.82) is 0 Å². The highest BCUT2D eigenvalue weighted by atomic mass is 35.5. The number of carbonyl (C=O) groups excluding carboxylic acids is 1. The van der Waals surface area contributed by atoms with E-state index in [9.17, 15) is 13.2 Å². The Bertz CT molecular complexity index is 1150. The molecule has 0 spiro atoms. The van der Waals surface area contributed by atoms with Crippen LogP contribution >= 0.6 is 23.4 Å². The van der Waals surface area contributed by atoms with E-state index in [1.54, 1.807) is 24.3 Å². The zero-order valence-corrected chi connectivity index (χ0v) is 18.0. The van der Waals surface area contributed by atoms with E-state index < -0.39 is 9.84 Å². The second kappa shape index (κ2) is 7.47. The molecular formula is C20H17ClN2O5S2. The SMILES string of the molecule is O=C(N=C1SC2CS(=O)(=O)CC2N1Cc1ccc2c(c1)OCO2)c1ccc(Cl)cc1. The number of amides is 1. The molecule has 7 nitrogen and oxygen atoms in total. The number of benzene rings is 2. The molecule has 2 atom stereocenters. The van der Waals surface area contributed by atoms with Gasteiger partial charge in [-0.15, -0.1) is 0 Å². The third kappa shape index (κ3) is 3.77. The number of rotatable bonds is 3. The minimum Gasteiger partial charge on any atom is -0.454 e. The van der Waals surface area contributed by atoms with E-state index in [2.05, 4.69) is 4.99 Å². The quantitative estimate of drug-likeness (QED) is 0.690. The first-order valence-electron chi connectivity index (χ1n) is 9.29. The molecule has 0 N–H and O–H groups in total. The first kappa shape index (κ1) is 19.7. The van der Waals surface area contributed by atoms with E-state index in [0.717, 1.165) is 5.56 Å². The number of aliphatic imine (C=N–C) groups is 1. The molecule has 0 aliphatic carbocycles. The highest BCUT2D eigenvalue weighted by Crippen LogP contribution is 2.40. The molecule has 3 aliphatic heterocycles. The number of amidine groups is 1. The fourth-order valence-corrected chi connectivity index (χ4v) is 7.88. The third-order valence-electron chi connectivity index (χ3n) is 5.25. The van der Waals surface area contributed by atoms with E-state index in [1.165, 1.54) is 11.8 Å². The van der Waals surface area contributed by atoms with Crippen molar-refractivity contribution in [1.82, 2.24) is 4.90 Å². The van der Waals surface area contributed by atoms with Crippen LogP contribution in [0, 0.1) is 0 Å². The molecule has 156 valence electrons. The van der Waals surface area contributed by atoms with Gasteiger partial charge >= 0.3 is 0 Å². The molecule has 2 aromatic carbocycles. The molecule has 0 aromatic heterocycles. The van der Waals surface area contributed by atoms with Crippen molar-refractivity contribution in [2.45, 2.75) is 17.8 Å². The van der Waals surface area contributed by atoms with Gasteiger partial charge in [0.05, 0.1) is 17.5 Å². The molecule has 30 heavy (non-hydrogen) atoms. The van der Waals surface area contributed by atoms with Crippen LogP contribution in [0.4, 0.5) is 0 Å². The number of halogens is 1. The molecule has 2 aromatic rings. The fourth-order valence-electron chi connectivity index (χ4n) is 3.80. The van der Waals surface area contributed by atoms with Gasteiger partial charge < -0.3 is 14.4 Å². The van der Waals surface area contributed by atoms with Gasteiger partial charge in [-0.25, -0.2) is 8.42 Å². The number of carbonyl (C=O) groups is 1. The Labute approximate surface area is 182 Å². The topological polar surface area (TPSA) is 85.3 Å². The second-order valence-corrected chi connectivity index (χ2v) is 11.1. The van der Waals surface area contributed by atoms with Gasteiger partial charge in [0, 0.05) is 22.4 Å². The zero-order valence-electron chi connectivity index (χ0n) is 15.7. The minimum absolute atomic E-state index is 0.0589. The largest absolute Gasteiger partial charge is 0.454 e. The molecule has 0 saturated carbocycles. The summed E-state index contributed by atoms with van der Waals surface area (Å²) in [6, 6.07) is 11.9. The summed E-state index contributed by atoms with van der Waals surface area (Å²) in [6.45, 7) is 0.608. The van der Waals surface area contributed by atoms with Crippen LogP contribution in [0.25, 0.3) is 0 Å². The molecule has 5 rings (SSSR count). The zero-order chi connectivity index (χ0) is 20.9. The Morgan fingerprint density at radius 1 is 1.13 bits per heavy atom. The number of hydrogen-bond acceptors (Lipinski definition) is 6. The van der Waals surface area contributed by atoms with Crippen LogP contribution in [0.3, 0.4) is 0 Å². The molecule has 2 fully saturated rings. The molecule has 0 radical (unpaired) electrons. The van der Waals surface area contributed by atoms with Gasteiger partial charge in [0.25, 0.3) is 5.91 Å². The summed E-state index contributed by atoms with van der Waals surface area (Å²) in [5, 5.41) is 0.942. The Kier molecular flexibility index (Phi) is 4.91. The van der Waals surface area contributed by atoms with E-state index in [1.807, 2.05) is 23.1 Å². The Hall–Kier alpha value is -2.23. The minimum atomic E-state index is -3.11. The number of hydrogen-bond donors (Lipinski definition) is 0. The molecule has 0 bridgehead atoms. The molecule has 3 aliphatic rings. The molecule has 10 heteroatoms. The van der Waals surface area contributed by atoms with E-state index in [-0.39, 0.29) is 35.5 Å². The van der Waals surface area contributed by atoms with Crippen molar-refractivity contribution in [3.8, 4) is 11.5 Å². The summed E-state index contributed by atoms with van der Waals surface area (Å²) in [5.41, 5.74) is 1.36. The van der Waals surface area contributed by atoms with Crippen LogP contribution in [-0.2, 0) is 16.4 Å². The standard InChI is InChI=1S/C20H17ClN2O5S2/c21-14-4-2-13(3-5-14)19(24)22-20-23(15-9-30(25,26)10-18(15)29-20)8-12-1-6-16-17(7-12)28-11-27-16/h1-7,15,18H,8-11H2. The van der Waals surface area contributed by atoms with Gasteiger partial charge in [-0.2, -0.15) is 4.99 Å². The lowest BCUT2D eigenvalue weighted by molar-refractivity contribution is 0.100. The third-order valence-corrected chi connectivity index (χ3v) is 8.75. The van der Waals surface area contributed by atoms with Crippen LogP contribution in [0.1, 0.15) is 15.9 Å². The maximum Gasteiger partial charge on any atom is 0.279 e. The highest BCUT2D eigenvalue weighted by molar-refractivity contribution is 8.15. The van der Waals surface area contributed by atoms with Gasteiger partial charge in [-0.05, 0) is 42.0 Å². The van der Waals surface area contributed by atoms with E-state index in [0.29, 0.717) is 33.8 Å². The number of thioether (sulfide) groups is 1. The average molecular weight is 465 g/mol. The van der Waals surface area contributed by atoms with Crippen LogP contribution in [0.15, 0.2) is 47.5 Å². The van der Waals surface area contributed by atoms with Crippen LogP contribution in [0.2, 0.25) is 5.02 Å². The highest BCUT2D eigenvalue weighted by Gasteiger charge is 2.48. The van der Waals surface area contributed by atoms with Crippen LogP contribution in [-0.4, -0.2) is 54.0 Å². The summed E-state index contributed by atoms with van der Waals surface area (Å²) in [6.07, 6.45) is 0. The Morgan fingerprint density at radius 2 is 1.90 bits per heavy atom. The summed E-state index contributed by atoms with van der Waals surface area (Å²) >= 11 is 7.25. The number of sulfone groups is 1. The number of ether oxygens (including phenoxy) is 2. The first-order chi connectivity index (χ1) is 14.4. The van der Waals surface area contributed by atoms with Crippen molar-refractivity contribution >= 4 is 44.3 Å². The molecule has 1 amide bonds.